The molecule has 0 aromatic carbocycles. The van der Waals surface area contributed by atoms with E-state index in [2.05, 4.69) is 19.9 Å². The minimum atomic E-state index is 0.0701. The van der Waals surface area contributed by atoms with E-state index in [4.69, 9.17) is 23.2 Å². The molecule has 0 aliphatic rings. The van der Waals surface area contributed by atoms with Crippen LogP contribution in [0.3, 0.4) is 0 Å². The van der Waals surface area contributed by atoms with Crippen LogP contribution >= 0.6 is 23.2 Å². The molecule has 78 valence electrons. The molecule has 0 spiro atoms. The molecule has 0 fully saturated rings. The molecule has 2 rings (SSSR count). The Hall–Kier alpha value is -1.20. The van der Waals surface area contributed by atoms with Gasteiger partial charge in [-0.3, -0.25) is 4.57 Å². The van der Waals surface area contributed by atoms with Gasteiger partial charge in [0, 0.05) is 18.8 Å². The Balaban J connectivity index is 2.53. The molecule has 0 amide bonds. The molecule has 0 radical (unpaired) electrons. The highest BCUT2D eigenvalue weighted by atomic mass is 35.5. The second-order valence-electron chi connectivity index (χ2n) is 2.74. The van der Waals surface area contributed by atoms with Crippen molar-refractivity contribution in [1.29, 1.82) is 0 Å². The van der Waals surface area contributed by atoms with Crippen molar-refractivity contribution in [3.63, 3.8) is 0 Å². The number of aromatic nitrogens is 5. The SMILES string of the molecule is CCc1nccn1-c1nc(Cl)nc(Cl)n1. The van der Waals surface area contributed by atoms with Gasteiger partial charge in [-0.05, 0) is 23.2 Å². The molecule has 2 aromatic heterocycles. The molecule has 15 heavy (non-hydrogen) atoms. The highest BCUT2D eigenvalue weighted by molar-refractivity contribution is 6.31. The van der Waals surface area contributed by atoms with Crippen LogP contribution in [0.5, 0.6) is 0 Å². The maximum absolute atomic E-state index is 5.68. The molecular weight excluding hydrogens is 237 g/mol. The van der Waals surface area contributed by atoms with Gasteiger partial charge < -0.3 is 0 Å². The second kappa shape index (κ2) is 4.12. The van der Waals surface area contributed by atoms with Crippen LogP contribution in [0.15, 0.2) is 12.4 Å². The second-order valence-corrected chi connectivity index (χ2v) is 3.42. The largest absolute Gasteiger partial charge is 0.272 e. The van der Waals surface area contributed by atoms with Crippen molar-refractivity contribution in [2.45, 2.75) is 13.3 Å². The Kier molecular flexibility index (Phi) is 2.83. The zero-order valence-electron chi connectivity index (χ0n) is 7.85. The molecule has 0 atom stereocenters. The van der Waals surface area contributed by atoms with E-state index in [-0.39, 0.29) is 10.6 Å². The number of rotatable bonds is 2. The lowest BCUT2D eigenvalue weighted by Gasteiger charge is -2.03. The highest BCUT2D eigenvalue weighted by Crippen LogP contribution is 2.11. The first-order chi connectivity index (χ1) is 7.20. The maximum atomic E-state index is 5.68. The zero-order chi connectivity index (χ0) is 10.8. The number of imidazole rings is 1. The van der Waals surface area contributed by atoms with Crippen LogP contribution in [0.1, 0.15) is 12.7 Å². The van der Waals surface area contributed by atoms with Gasteiger partial charge in [-0.15, -0.1) is 0 Å². The lowest BCUT2D eigenvalue weighted by atomic mass is 10.4. The van der Waals surface area contributed by atoms with Gasteiger partial charge in [-0.1, -0.05) is 6.92 Å². The minimum absolute atomic E-state index is 0.0701. The van der Waals surface area contributed by atoms with Crippen LogP contribution in [0, 0.1) is 0 Å². The van der Waals surface area contributed by atoms with Crippen molar-refractivity contribution >= 4 is 23.2 Å². The quantitative estimate of drug-likeness (QED) is 0.809. The number of hydrogen-bond acceptors (Lipinski definition) is 4. The molecule has 0 aliphatic carbocycles. The van der Waals surface area contributed by atoms with Gasteiger partial charge in [-0.2, -0.15) is 15.0 Å². The van der Waals surface area contributed by atoms with Crippen molar-refractivity contribution in [2.24, 2.45) is 0 Å². The van der Waals surface area contributed by atoms with Crippen molar-refractivity contribution in [2.75, 3.05) is 0 Å². The van der Waals surface area contributed by atoms with E-state index in [1.54, 1.807) is 17.0 Å². The summed E-state index contributed by atoms with van der Waals surface area (Å²) in [4.78, 5) is 15.8. The summed E-state index contributed by atoms with van der Waals surface area (Å²) >= 11 is 11.4. The molecule has 5 nitrogen and oxygen atoms in total. The fourth-order valence-corrected chi connectivity index (χ4v) is 1.56. The molecule has 2 heterocycles. The van der Waals surface area contributed by atoms with Crippen LogP contribution in [-0.4, -0.2) is 24.5 Å². The lowest BCUT2D eigenvalue weighted by molar-refractivity contribution is 0.823. The van der Waals surface area contributed by atoms with Crippen LogP contribution in [0.2, 0.25) is 10.6 Å². The van der Waals surface area contributed by atoms with E-state index >= 15 is 0 Å². The van der Waals surface area contributed by atoms with Crippen LogP contribution in [-0.2, 0) is 6.42 Å². The Morgan fingerprint density at radius 3 is 2.47 bits per heavy atom. The van der Waals surface area contributed by atoms with Crippen molar-refractivity contribution < 1.29 is 0 Å². The lowest BCUT2D eigenvalue weighted by Crippen LogP contribution is -2.05. The molecule has 0 aliphatic heterocycles. The third-order valence-corrected chi connectivity index (χ3v) is 2.16. The number of halogens is 2. The topological polar surface area (TPSA) is 56.5 Å². The van der Waals surface area contributed by atoms with Crippen LogP contribution in [0.4, 0.5) is 0 Å². The fourth-order valence-electron chi connectivity index (χ4n) is 1.20. The summed E-state index contributed by atoms with van der Waals surface area (Å²) in [6, 6.07) is 0. The number of aryl methyl sites for hydroxylation is 1. The van der Waals surface area contributed by atoms with Crippen molar-refractivity contribution in [1.82, 2.24) is 24.5 Å². The monoisotopic (exact) mass is 243 g/mol. The van der Waals surface area contributed by atoms with E-state index in [1.165, 1.54) is 0 Å². The molecule has 0 N–H and O–H groups in total. The normalized spacial score (nSPS) is 10.6. The number of hydrogen-bond donors (Lipinski definition) is 0. The van der Waals surface area contributed by atoms with E-state index in [9.17, 15) is 0 Å². The Morgan fingerprint density at radius 2 is 1.87 bits per heavy atom. The van der Waals surface area contributed by atoms with Crippen molar-refractivity contribution in [3.8, 4) is 5.95 Å². The summed E-state index contributed by atoms with van der Waals surface area (Å²) in [6.45, 7) is 1.99. The molecule has 7 heteroatoms. The standard InChI is InChI=1S/C8H7Cl2N5/c1-2-5-11-3-4-15(5)8-13-6(9)12-7(10)14-8/h3-4H,2H2,1H3. The summed E-state index contributed by atoms with van der Waals surface area (Å²) in [6.07, 6.45) is 4.19. The Morgan fingerprint density at radius 1 is 1.20 bits per heavy atom. The van der Waals surface area contributed by atoms with E-state index in [1.807, 2.05) is 6.92 Å². The third-order valence-electron chi connectivity index (χ3n) is 1.82. The zero-order valence-corrected chi connectivity index (χ0v) is 9.37. The molecule has 0 unspecified atom stereocenters. The third kappa shape index (κ3) is 2.08. The van der Waals surface area contributed by atoms with Gasteiger partial charge in [0.2, 0.25) is 16.5 Å². The molecule has 0 saturated carbocycles. The average molecular weight is 244 g/mol. The van der Waals surface area contributed by atoms with Gasteiger partial charge >= 0.3 is 0 Å². The minimum Gasteiger partial charge on any atom is -0.272 e. The summed E-state index contributed by atoms with van der Waals surface area (Å²) in [5, 5.41) is 0.140. The predicted molar refractivity (Wildman–Crippen MR) is 56.3 cm³/mol. The van der Waals surface area contributed by atoms with Gasteiger partial charge in [0.1, 0.15) is 5.82 Å². The van der Waals surface area contributed by atoms with E-state index in [0.29, 0.717) is 5.95 Å². The van der Waals surface area contributed by atoms with Gasteiger partial charge in [-0.25, -0.2) is 4.98 Å². The maximum Gasteiger partial charge on any atom is 0.240 e. The van der Waals surface area contributed by atoms with Crippen molar-refractivity contribution in [3.05, 3.63) is 28.8 Å². The summed E-state index contributed by atoms with van der Waals surface area (Å²) in [5.74, 6) is 1.22. The first-order valence-electron chi connectivity index (χ1n) is 4.30. The molecule has 2 aromatic rings. The van der Waals surface area contributed by atoms with E-state index < -0.39 is 0 Å². The molecule has 0 bridgehead atoms. The molecular formula is C8H7Cl2N5. The van der Waals surface area contributed by atoms with E-state index in [0.717, 1.165) is 12.2 Å². The Bertz CT molecular complexity index is 461. The number of nitrogens with zero attached hydrogens (tertiary/aromatic N) is 5. The summed E-state index contributed by atoms with van der Waals surface area (Å²) < 4.78 is 1.72. The van der Waals surface area contributed by atoms with Gasteiger partial charge in [0.15, 0.2) is 0 Å². The average Bonchev–Trinajstić information content (AvgIpc) is 2.63. The van der Waals surface area contributed by atoms with Crippen LogP contribution in [0.25, 0.3) is 5.95 Å². The predicted octanol–water partition coefficient (Wildman–Crippen LogP) is 1.93. The summed E-state index contributed by atoms with van der Waals surface area (Å²) in [7, 11) is 0. The summed E-state index contributed by atoms with van der Waals surface area (Å²) in [5.41, 5.74) is 0. The van der Waals surface area contributed by atoms with Gasteiger partial charge in [0.25, 0.3) is 0 Å². The fraction of sp³-hybridized carbons (Fsp3) is 0.250. The first kappa shape index (κ1) is 10.3. The highest BCUT2D eigenvalue weighted by Gasteiger charge is 2.08. The smallest absolute Gasteiger partial charge is 0.240 e. The first-order valence-corrected chi connectivity index (χ1v) is 5.06. The van der Waals surface area contributed by atoms with Crippen LogP contribution < -0.4 is 0 Å². The van der Waals surface area contributed by atoms with Gasteiger partial charge in [0.05, 0.1) is 0 Å². The Labute approximate surface area is 96.1 Å². The molecule has 0 saturated heterocycles.